The molecule has 0 spiro atoms. The predicted octanol–water partition coefficient (Wildman–Crippen LogP) is 3.37. The van der Waals surface area contributed by atoms with E-state index in [-0.39, 0.29) is 24.0 Å². The number of methoxy groups -OCH3 is 1. The lowest BCUT2D eigenvalue weighted by Crippen LogP contribution is -2.52. The third-order valence-electron chi connectivity index (χ3n) is 4.43. The smallest absolute Gasteiger partial charge is 0.194 e. The van der Waals surface area contributed by atoms with E-state index in [1.54, 1.807) is 7.11 Å². The molecule has 3 rings (SSSR count). The molecule has 1 fully saturated rings. The molecule has 1 N–H and O–H groups in total. The molecule has 6 nitrogen and oxygen atoms in total. The average Bonchev–Trinajstić information content (AvgIpc) is 2.70. The van der Waals surface area contributed by atoms with Crippen LogP contribution < -0.4 is 15.0 Å². The third kappa shape index (κ3) is 5.71. The highest BCUT2D eigenvalue weighted by molar-refractivity contribution is 14.0. The fourth-order valence-electron chi connectivity index (χ4n) is 3.02. The molecule has 0 radical (unpaired) electrons. The molecule has 2 aromatic rings. The number of hydrogen-bond donors (Lipinski definition) is 1. The van der Waals surface area contributed by atoms with Crippen molar-refractivity contribution in [3.05, 3.63) is 52.6 Å². The number of aliphatic imine (C=N–C) groups is 1. The van der Waals surface area contributed by atoms with Crippen LogP contribution in [0, 0.1) is 0 Å². The molecule has 8 heteroatoms. The summed E-state index contributed by atoms with van der Waals surface area (Å²) in [6.45, 7) is 4.43. The SMILES string of the molecule is CN=C(NCc1ccc(OC)c(Br)c1)N1CCN(c2ccccn2)CC1.I. The molecule has 1 aromatic heterocycles. The number of guanidine groups is 1. The summed E-state index contributed by atoms with van der Waals surface area (Å²) in [7, 11) is 3.50. The normalized spacial score (nSPS) is 14.6. The van der Waals surface area contributed by atoms with Gasteiger partial charge >= 0.3 is 0 Å². The molecule has 1 aromatic carbocycles. The highest BCUT2D eigenvalue weighted by Crippen LogP contribution is 2.25. The first-order chi connectivity index (χ1) is 12.7. The molecule has 0 aliphatic carbocycles. The van der Waals surface area contributed by atoms with E-state index in [0.29, 0.717) is 0 Å². The van der Waals surface area contributed by atoms with Gasteiger partial charge in [0.1, 0.15) is 11.6 Å². The van der Waals surface area contributed by atoms with Crippen molar-refractivity contribution in [3.63, 3.8) is 0 Å². The maximum absolute atomic E-state index is 5.28. The van der Waals surface area contributed by atoms with Crippen LogP contribution >= 0.6 is 39.9 Å². The van der Waals surface area contributed by atoms with Gasteiger partial charge in [0.25, 0.3) is 0 Å². The Morgan fingerprint density at radius 2 is 2.00 bits per heavy atom. The quantitative estimate of drug-likeness (QED) is 0.363. The first kappa shape index (κ1) is 21.7. The Hall–Kier alpha value is -1.55. The Morgan fingerprint density at radius 3 is 2.59 bits per heavy atom. The van der Waals surface area contributed by atoms with Crippen molar-refractivity contribution < 1.29 is 4.74 Å². The van der Waals surface area contributed by atoms with Crippen molar-refractivity contribution in [2.24, 2.45) is 4.99 Å². The molecule has 0 saturated carbocycles. The number of ether oxygens (including phenoxy) is 1. The summed E-state index contributed by atoms with van der Waals surface area (Å²) in [5, 5.41) is 3.45. The van der Waals surface area contributed by atoms with Crippen molar-refractivity contribution in [2.75, 3.05) is 45.2 Å². The van der Waals surface area contributed by atoms with E-state index in [1.807, 2.05) is 31.4 Å². The maximum Gasteiger partial charge on any atom is 0.194 e. The van der Waals surface area contributed by atoms with Gasteiger partial charge in [0.15, 0.2) is 5.96 Å². The molecule has 27 heavy (non-hydrogen) atoms. The Balaban J connectivity index is 0.00000261. The molecule has 2 heterocycles. The molecular weight excluding hydrogens is 521 g/mol. The van der Waals surface area contributed by atoms with Gasteiger partial charge in [-0.05, 0) is 45.8 Å². The minimum absolute atomic E-state index is 0. The lowest BCUT2D eigenvalue weighted by molar-refractivity contribution is 0.371. The second kappa shape index (κ2) is 10.7. The second-order valence-corrected chi connectivity index (χ2v) is 6.89. The topological polar surface area (TPSA) is 53.0 Å². The van der Waals surface area contributed by atoms with Gasteiger partial charge in [0.2, 0.25) is 0 Å². The van der Waals surface area contributed by atoms with E-state index >= 15 is 0 Å². The van der Waals surface area contributed by atoms with Gasteiger partial charge in [0.05, 0.1) is 11.6 Å². The van der Waals surface area contributed by atoms with Crippen LogP contribution in [0.1, 0.15) is 5.56 Å². The van der Waals surface area contributed by atoms with Crippen molar-refractivity contribution in [2.45, 2.75) is 6.54 Å². The first-order valence-electron chi connectivity index (χ1n) is 8.65. The molecular formula is C19H25BrIN5O. The van der Waals surface area contributed by atoms with E-state index in [0.717, 1.165) is 54.7 Å². The van der Waals surface area contributed by atoms with Crippen molar-refractivity contribution >= 4 is 51.7 Å². The average molecular weight is 546 g/mol. The zero-order valence-electron chi connectivity index (χ0n) is 15.6. The molecule has 0 bridgehead atoms. The number of aromatic nitrogens is 1. The Bertz CT molecular complexity index is 751. The molecule has 0 amide bonds. The van der Waals surface area contributed by atoms with Crippen molar-refractivity contribution in [1.29, 1.82) is 0 Å². The summed E-state index contributed by atoms with van der Waals surface area (Å²) >= 11 is 3.53. The molecule has 0 atom stereocenters. The minimum Gasteiger partial charge on any atom is -0.496 e. The van der Waals surface area contributed by atoms with Crippen LogP contribution in [0.3, 0.4) is 0 Å². The Labute approximate surface area is 186 Å². The van der Waals surface area contributed by atoms with E-state index in [4.69, 9.17) is 4.74 Å². The Kier molecular flexibility index (Phi) is 8.62. The fourth-order valence-corrected chi connectivity index (χ4v) is 3.61. The second-order valence-electron chi connectivity index (χ2n) is 6.03. The summed E-state index contributed by atoms with van der Waals surface area (Å²) in [6, 6.07) is 12.1. The summed E-state index contributed by atoms with van der Waals surface area (Å²) in [6.07, 6.45) is 1.84. The number of benzene rings is 1. The number of hydrogen-bond acceptors (Lipinski definition) is 4. The number of halogens is 2. The van der Waals surface area contributed by atoms with Gasteiger partial charge in [-0.15, -0.1) is 24.0 Å². The van der Waals surface area contributed by atoms with Crippen LogP contribution in [0.25, 0.3) is 0 Å². The van der Waals surface area contributed by atoms with E-state index in [2.05, 4.69) is 59.2 Å². The van der Waals surface area contributed by atoms with Gasteiger partial charge < -0.3 is 19.9 Å². The monoisotopic (exact) mass is 545 g/mol. The molecule has 146 valence electrons. The summed E-state index contributed by atoms with van der Waals surface area (Å²) < 4.78 is 6.24. The Morgan fingerprint density at radius 1 is 1.22 bits per heavy atom. The standard InChI is InChI=1S/C19H24BrN5O.HI/c1-21-19(23-14-15-6-7-17(26-2)16(20)13-15)25-11-9-24(10-12-25)18-5-3-4-8-22-18;/h3-8,13H,9-12,14H2,1-2H3,(H,21,23);1H. The van der Waals surface area contributed by atoms with Crippen LogP contribution in [-0.4, -0.2) is 56.2 Å². The highest BCUT2D eigenvalue weighted by atomic mass is 127. The largest absolute Gasteiger partial charge is 0.496 e. The zero-order chi connectivity index (χ0) is 18.4. The van der Waals surface area contributed by atoms with Crippen LogP contribution in [0.15, 0.2) is 52.1 Å². The molecule has 1 saturated heterocycles. The van der Waals surface area contributed by atoms with Crippen LogP contribution in [0.2, 0.25) is 0 Å². The number of piperazine rings is 1. The first-order valence-corrected chi connectivity index (χ1v) is 9.44. The number of nitrogens with one attached hydrogen (secondary N) is 1. The number of pyridine rings is 1. The highest BCUT2D eigenvalue weighted by Gasteiger charge is 2.20. The number of nitrogens with zero attached hydrogens (tertiary/aromatic N) is 4. The summed E-state index contributed by atoms with van der Waals surface area (Å²) in [4.78, 5) is 13.5. The maximum atomic E-state index is 5.28. The van der Waals surface area contributed by atoms with Crippen molar-refractivity contribution in [1.82, 2.24) is 15.2 Å². The van der Waals surface area contributed by atoms with Gasteiger partial charge in [-0.1, -0.05) is 12.1 Å². The van der Waals surface area contributed by atoms with Crippen LogP contribution in [0.5, 0.6) is 5.75 Å². The zero-order valence-corrected chi connectivity index (χ0v) is 19.5. The summed E-state index contributed by atoms with van der Waals surface area (Å²) in [5.41, 5.74) is 1.17. The predicted molar refractivity (Wildman–Crippen MR) is 124 cm³/mol. The lowest BCUT2D eigenvalue weighted by Gasteiger charge is -2.37. The van der Waals surface area contributed by atoms with Crippen molar-refractivity contribution in [3.8, 4) is 5.75 Å². The van der Waals surface area contributed by atoms with Crippen LogP contribution in [-0.2, 0) is 6.54 Å². The van der Waals surface area contributed by atoms with E-state index < -0.39 is 0 Å². The van der Waals surface area contributed by atoms with Gasteiger partial charge in [-0.2, -0.15) is 0 Å². The third-order valence-corrected chi connectivity index (χ3v) is 5.05. The van der Waals surface area contributed by atoms with Gasteiger partial charge in [-0.3, -0.25) is 4.99 Å². The van der Waals surface area contributed by atoms with Gasteiger partial charge in [0, 0.05) is 46.0 Å². The van der Waals surface area contributed by atoms with E-state index in [1.165, 1.54) is 5.56 Å². The molecule has 1 aliphatic heterocycles. The lowest BCUT2D eigenvalue weighted by atomic mass is 10.2. The minimum atomic E-state index is 0. The fraction of sp³-hybridized carbons (Fsp3) is 0.368. The molecule has 1 aliphatic rings. The van der Waals surface area contributed by atoms with Gasteiger partial charge in [-0.25, -0.2) is 4.98 Å². The number of rotatable bonds is 4. The van der Waals surface area contributed by atoms with Crippen LogP contribution in [0.4, 0.5) is 5.82 Å². The summed E-state index contributed by atoms with van der Waals surface area (Å²) in [5.74, 6) is 2.81. The number of anilines is 1. The van der Waals surface area contributed by atoms with E-state index in [9.17, 15) is 0 Å². The molecule has 0 unspecified atom stereocenters.